The maximum atomic E-state index is 13.7. The van der Waals surface area contributed by atoms with Crippen molar-refractivity contribution in [1.29, 1.82) is 5.26 Å². The average molecular weight is 394 g/mol. The number of aryl methyl sites for hydroxylation is 1. The third-order valence-corrected chi connectivity index (χ3v) is 6.56. The molecule has 3 aromatic rings. The Balaban J connectivity index is 2.23. The van der Waals surface area contributed by atoms with Gasteiger partial charge in [-0.05, 0) is 44.1 Å². The van der Waals surface area contributed by atoms with Gasteiger partial charge >= 0.3 is 0 Å². The van der Waals surface area contributed by atoms with E-state index in [0.29, 0.717) is 17.8 Å². The van der Waals surface area contributed by atoms with E-state index in [-0.39, 0.29) is 17.0 Å². The highest BCUT2D eigenvalue weighted by Crippen LogP contribution is 2.32. The molecule has 0 saturated heterocycles. The molecule has 6 heteroatoms. The molecule has 3 rings (SSSR count). The molecule has 0 fully saturated rings. The van der Waals surface area contributed by atoms with Crippen LogP contribution in [-0.2, 0) is 10.0 Å². The van der Waals surface area contributed by atoms with E-state index in [1.54, 1.807) is 19.1 Å². The Hall–Kier alpha value is -2.88. The van der Waals surface area contributed by atoms with Gasteiger partial charge in [-0.15, -0.1) is 0 Å². The number of benzene rings is 3. The number of likely N-dealkylation sites (N-methyl/N-ethyl adjacent to an activating group) is 1. The van der Waals surface area contributed by atoms with Crippen molar-refractivity contribution in [2.24, 2.45) is 0 Å². The largest absolute Gasteiger partial charge is 0.308 e. The minimum absolute atomic E-state index is 0.0432. The molecule has 0 spiro atoms. The van der Waals surface area contributed by atoms with E-state index in [2.05, 4.69) is 6.07 Å². The van der Waals surface area contributed by atoms with Crippen LogP contribution in [0.4, 0.5) is 5.69 Å². The van der Waals surface area contributed by atoms with Crippen LogP contribution in [0.25, 0.3) is 10.8 Å². The van der Waals surface area contributed by atoms with E-state index in [1.807, 2.05) is 61.5 Å². The standard InChI is InChI=1S/C22H23N3O2S/c1-17-8-6-13-22(20(17)16-23)28(26,27)25(15-14-24(2)3)21-12-7-10-18-9-4-5-11-19(18)21/h4-13H,14-15H2,1-3H3. The molecule has 0 aliphatic carbocycles. The van der Waals surface area contributed by atoms with Crippen molar-refractivity contribution in [3.63, 3.8) is 0 Å². The van der Waals surface area contributed by atoms with Crippen LogP contribution >= 0.6 is 0 Å². The Bertz CT molecular complexity index is 1140. The summed E-state index contributed by atoms with van der Waals surface area (Å²) >= 11 is 0. The normalized spacial score (nSPS) is 11.5. The van der Waals surface area contributed by atoms with Crippen LogP contribution in [0.1, 0.15) is 11.1 Å². The van der Waals surface area contributed by atoms with E-state index in [1.165, 1.54) is 10.4 Å². The molecule has 0 bridgehead atoms. The third kappa shape index (κ3) is 3.72. The predicted octanol–water partition coefficient (Wildman–Crippen LogP) is 3.78. The summed E-state index contributed by atoms with van der Waals surface area (Å²) in [6.07, 6.45) is 0. The molecular formula is C22H23N3O2S. The summed E-state index contributed by atoms with van der Waals surface area (Å²) in [4.78, 5) is 1.98. The van der Waals surface area contributed by atoms with Gasteiger partial charge in [0, 0.05) is 18.5 Å². The maximum absolute atomic E-state index is 13.7. The van der Waals surface area contributed by atoms with Crippen molar-refractivity contribution < 1.29 is 8.42 Å². The highest BCUT2D eigenvalue weighted by molar-refractivity contribution is 7.93. The lowest BCUT2D eigenvalue weighted by Gasteiger charge is -2.27. The van der Waals surface area contributed by atoms with E-state index < -0.39 is 10.0 Å². The van der Waals surface area contributed by atoms with Crippen LogP contribution in [0.5, 0.6) is 0 Å². The van der Waals surface area contributed by atoms with Crippen molar-refractivity contribution in [3.8, 4) is 6.07 Å². The lowest BCUT2D eigenvalue weighted by Crippen LogP contribution is -2.37. The number of anilines is 1. The lowest BCUT2D eigenvalue weighted by atomic mass is 10.1. The van der Waals surface area contributed by atoms with Gasteiger partial charge in [-0.3, -0.25) is 4.31 Å². The highest BCUT2D eigenvalue weighted by atomic mass is 32.2. The second kappa shape index (κ2) is 8.01. The van der Waals surface area contributed by atoms with Gasteiger partial charge < -0.3 is 4.90 Å². The first-order chi connectivity index (χ1) is 13.4. The van der Waals surface area contributed by atoms with Crippen molar-refractivity contribution in [1.82, 2.24) is 4.90 Å². The zero-order chi connectivity index (χ0) is 20.3. The summed E-state index contributed by atoms with van der Waals surface area (Å²) in [5.74, 6) is 0. The molecule has 0 heterocycles. The molecule has 0 aliphatic heterocycles. The molecule has 0 radical (unpaired) electrons. The van der Waals surface area contributed by atoms with Crippen molar-refractivity contribution in [3.05, 3.63) is 71.8 Å². The van der Waals surface area contributed by atoms with Crippen LogP contribution in [0.3, 0.4) is 0 Å². The SMILES string of the molecule is Cc1cccc(S(=O)(=O)N(CCN(C)C)c2cccc3ccccc23)c1C#N. The van der Waals surface area contributed by atoms with Gasteiger partial charge in [0.05, 0.1) is 11.3 Å². The van der Waals surface area contributed by atoms with Crippen LogP contribution < -0.4 is 4.31 Å². The number of fused-ring (bicyclic) bond motifs is 1. The second-order valence-corrected chi connectivity index (χ2v) is 8.77. The first kappa shape index (κ1) is 19.9. The van der Waals surface area contributed by atoms with Crippen molar-refractivity contribution in [2.75, 3.05) is 31.5 Å². The summed E-state index contributed by atoms with van der Waals surface area (Å²) < 4.78 is 28.8. The van der Waals surface area contributed by atoms with Gasteiger partial charge in [0.2, 0.25) is 0 Å². The molecule has 3 aromatic carbocycles. The van der Waals surface area contributed by atoms with Gasteiger partial charge in [0.1, 0.15) is 11.0 Å². The van der Waals surface area contributed by atoms with Gasteiger partial charge in [0.15, 0.2) is 0 Å². The summed E-state index contributed by atoms with van der Waals surface area (Å²) in [7, 11) is -0.114. The Morgan fingerprint density at radius 3 is 2.32 bits per heavy atom. The molecule has 0 atom stereocenters. The van der Waals surface area contributed by atoms with Crippen LogP contribution in [-0.4, -0.2) is 40.5 Å². The Labute approximate surface area is 166 Å². The van der Waals surface area contributed by atoms with Gasteiger partial charge in [-0.1, -0.05) is 48.5 Å². The minimum atomic E-state index is -3.92. The molecular weight excluding hydrogens is 370 g/mol. The van der Waals surface area contributed by atoms with Crippen LogP contribution in [0.2, 0.25) is 0 Å². The summed E-state index contributed by atoms with van der Waals surface area (Å²) in [5.41, 5.74) is 1.46. The topological polar surface area (TPSA) is 64.4 Å². The fourth-order valence-corrected chi connectivity index (χ4v) is 4.90. The molecule has 0 N–H and O–H groups in total. The predicted molar refractivity (Wildman–Crippen MR) is 113 cm³/mol. The average Bonchev–Trinajstić information content (AvgIpc) is 2.67. The van der Waals surface area contributed by atoms with Gasteiger partial charge in [0.25, 0.3) is 10.0 Å². The zero-order valence-corrected chi connectivity index (χ0v) is 17.1. The Morgan fingerprint density at radius 1 is 0.929 bits per heavy atom. The monoisotopic (exact) mass is 393 g/mol. The molecule has 0 amide bonds. The van der Waals surface area contributed by atoms with E-state index in [0.717, 1.165) is 10.8 Å². The molecule has 0 unspecified atom stereocenters. The fourth-order valence-electron chi connectivity index (χ4n) is 3.20. The summed E-state index contributed by atoms with van der Waals surface area (Å²) in [5, 5.41) is 11.4. The third-order valence-electron chi connectivity index (χ3n) is 4.70. The van der Waals surface area contributed by atoms with E-state index in [4.69, 9.17) is 0 Å². The number of hydrogen-bond acceptors (Lipinski definition) is 4. The first-order valence-corrected chi connectivity index (χ1v) is 10.4. The Kier molecular flexibility index (Phi) is 5.68. The molecule has 28 heavy (non-hydrogen) atoms. The summed E-state index contributed by atoms with van der Waals surface area (Å²) in [6, 6.07) is 20.3. The van der Waals surface area contributed by atoms with E-state index >= 15 is 0 Å². The van der Waals surface area contributed by atoms with Crippen molar-refractivity contribution in [2.45, 2.75) is 11.8 Å². The number of nitriles is 1. The lowest BCUT2D eigenvalue weighted by molar-refractivity contribution is 0.419. The van der Waals surface area contributed by atoms with E-state index in [9.17, 15) is 13.7 Å². The molecule has 0 aromatic heterocycles. The minimum Gasteiger partial charge on any atom is -0.308 e. The number of sulfonamides is 1. The molecule has 0 aliphatic rings. The van der Waals surface area contributed by atoms with Crippen LogP contribution in [0.15, 0.2) is 65.6 Å². The quantitative estimate of drug-likeness (QED) is 0.639. The number of hydrogen-bond donors (Lipinski definition) is 0. The smallest absolute Gasteiger partial charge is 0.265 e. The highest BCUT2D eigenvalue weighted by Gasteiger charge is 2.29. The zero-order valence-electron chi connectivity index (χ0n) is 16.3. The Morgan fingerprint density at radius 2 is 1.61 bits per heavy atom. The first-order valence-electron chi connectivity index (χ1n) is 9.01. The number of nitrogens with zero attached hydrogens (tertiary/aromatic N) is 3. The second-order valence-electron chi connectivity index (χ2n) is 6.94. The number of rotatable bonds is 6. The van der Waals surface area contributed by atoms with Gasteiger partial charge in [-0.2, -0.15) is 5.26 Å². The molecule has 5 nitrogen and oxygen atoms in total. The summed E-state index contributed by atoms with van der Waals surface area (Å²) in [6.45, 7) is 2.58. The van der Waals surface area contributed by atoms with Crippen LogP contribution in [0, 0.1) is 18.3 Å². The van der Waals surface area contributed by atoms with Crippen molar-refractivity contribution >= 4 is 26.5 Å². The van der Waals surface area contributed by atoms with Gasteiger partial charge in [-0.25, -0.2) is 8.42 Å². The maximum Gasteiger partial charge on any atom is 0.265 e. The molecule has 0 saturated carbocycles. The molecule has 144 valence electrons. The fraction of sp³-hybridized carbons (Fsp3) is 0.227.